The molecule has 0 radical (unpaired) electrons. The van der Waals surface area contributed by atoms with Gasteiger partial charge in [0.1, 0.15) is 6.61 Å². The molecule has 47 heavy (non-hydrogen) atoms. The Morgan fingerprint density at radius 3 is 1.34 bits per heavy atom. The van der Waals surface area contributed by atoms with E-state index in [1.807, 2.05) is 24.3 Å². The van der Waals surface area contributed by atoms with Crippen molar-refractivity contribution in [3.05, 3.63) is 59.7 Å². The fourth-order valence-corrected chi connectivity index (χ4v) is 5.52. The van der Waals surface area contributed by atoms with Crippen LogP contribution in [0.25, 0.3) is 11.1 Å². The lowest BCUT2D eigenvalue weighted by molar-refractivity contribution is -0.0216. The van der Waals surface area contributed by atoms with Gasteiger partial charge >= 0.3 is 6.09 Å². The molecule has 0 N–H and O–H groups in total. The van der Waals surface area contributed by atoms with Gasteiger partial charge in [-0.05, 0) is 41.9 Å². The van der Waals surface area contributed by atoms with Crippen LogP contribution in [0.15, 0.2) is 48.5 Å². The summed E-state index contributed by atoms with van der Waals surface area (Å²) >= 11 is 0. The quantitative estimate of drug-likeness (QED) is 0.0965. The second kappa shape index (κ2) is 23.0. The minimum absolute atomic E-state index is 0.0444. The van der Waals surface area contributed by atoms with Gasteiger partial charge in [0.05, 0.1) is 99.1 Å². The van der Waals surface area contributed by atoms with Gasteiger partial charge in [-0.15, -0.1) is 0 Å². The number of ether oxygens (including phenoxy) is 8. The first-order chi connectivity index (χ1) is 22.9. The Labute approximate surface area is 281 Å². The Morgan fingerprint density at radius 1 is 0.574 bits per heavy atom. The van der Waals surface area contributed by atoms with Gasteiger partial charge in [-0.3, -0.25) is 0 Å². The minimum atomic E-state index is -1.46. The van der Waals surface area contributed by atoms with Crippen molar-refractivity contribution in [2.45, 2.75) is 25.6 Å². The van der Waals surface area contributed by atoms with Crippen molar-refractivity contribution < 1.29 is 47.1 Å². The Bertz CT molecular complexity index is 1090. The van der Waals surface area contributed by atoms with Crippen LogP contribution in [-0.2, 0) is 42.3 Å². The maximum Gasteiger partial charge on any atom is 0.409 e. The summed E-state index contributed by atoms with van der Waals surface area (Å²) in [6.45, 7) is 14.9. The van der Waals surface area contributed by atoms with E-state index < -0.39 is 8.32 Å². The molecule has 0 aliphatic heterocycles. The van der Waals surface area contributed by atoms with E-state index in [0.717, 1.165) is 0 Å². The van der Waals surface area contributed by atoms with Crippen molar-refractivity contribution in [2.75, 3.05) is 119 Å². The molecular weight excluding hydrogens is 622 g/mol. The number of hydrogen-bond acceptors (Lipinski definition) is 10. The third kappa shape index (κ3) is 16.0. The zero-order valence-electron chi connectivity index (χ0n) is 28.7. The van der Waals surface area contributed by atoms with Gasteiger partial charge in [0.15, 0.2) is 8.32 Å². The molecule has 0 saturated heterocycles. The van der Waals surface area contributed by atoms with Gasteiger partial charge in [0.25, 0.3) is 0 Å². The molecule has 0 atom stereocenters. The van der Waals surface area contributed by atoms with E-state index in [2.05, 4.69) is 43.9 Å². The first-order valence-electron chi connectivity index (χ1n) is 16.6. The van der Waals surface area contributed by atoms with E-state index in [0.29, 0.717) is 112 Å². The molecule has 0 unspecified atom stereocenters. The Balaban J connectivity index is 1.04. The molecule has 0 heterocycles. The largest absolute Gasteiger partial charge is 0.448 e. The maximum atomic E-state index is 12.6. The normalized spacial score (nSPS) is 12.7. The lowest BCUT2D eigenvalue weighted by Crippen LogP contribution is -2.32. The van der Waals surface area contributed by atoms with Gasteiger partial charge < -0.3 is 47.2 Å². The van der Waals surface area contributed by atoms with Gasteiger partial charge in [-0.25, -0.2) is 4.79 Å². The van der Waals surface area contributed by atoms with E-state index >= 15 is 0 Å². The molecule has 0 spiro atoms. The summed E-state index contributed by atoms with van der Waals surface area (Å²) < 4.78 is 50.0. The maximum absolute atomic E-state index is 12.6. The number of carbonyl (C=O) groups is 1. The number of nitrogens with zero attached hydrogens (tertiary/aromatic N) is 1. The molecule has 2 aromatic rings. The zero-order chi connectivity index (χ0) is 33.6. The third-order valence-electron chi connectivity index (χ3n) is 7.21. The van der Waals surface area contributed by atoms with Crippen LogP contribution < -0.4 is 0 Å². The van der Waals surface area contributed by atoms with E-state index in [1.165, 1.54) is 27.2 Å². The second-order valence-corrected chi connectivity index (χ2v) is 16.5. The number of hydrogen-bond donors (Lipinski definition) is 0. The number of benzene rings is 2. The molecule has 2 aromatic carbocycles. The van der Waals surface area contributed by atoms with Crippen LogP contribution in [0.5, 0.6) is 0 Å². The highest BCUT2D eigenvalue weighted by atomic mass is 28.4. The molecule has 11 nitrogen and oxygen atoms in total. The highest BCUT2D eigenvalue weighted by Gasteiger charge is 2.29. The smallest absolute Gasteiger partial charge is 0.409 e. The molecule has 1 amide bonds. The van der Waals surface area contributed by atoms with E-state index in [9.17, 15) is 4.79 Å². The summed E-state index contributed by atoms with van der Waals surface area (Å²) in [5, 5.41) is 0. The standard InChI is InChI=1S/C35H55NO10Si/c1-36(35(37)45-29-34-32-11-7-5-9-30(32)31-10-6-8-12-33(31)34)13-14-38-15-16-39-17-18-40-19-20-41-21-22-42-23-24-43-25-26-44-27-28-46-47(2,3)4/h5-12,34H,13-29H2,1-4H3. The second-order valence-electron chi connectivity index (χ2n) is 12.0. The fourth-order valence-electron chi connectivity index (χ4n) is 4.83. The van der Waals surface area contributed by atoms with Crippen LogP contribution in [0.3, 0.4) is 0 Å². The molecule has 12 heteroatoms. The van der Waals surface area contributed by atoms with Crippen molar-refractivity contribution in [3.8, 4) is 11.1 Å². The van der Waals surface area contributed by atoms with E-state index in [4.69, 9.17) is 42.3 Å². The number of fused-ring (bicyclic) bond motifs is 3. The van der Waals surface area contributed by atoms with Crippen molar-refractivity contribution in [1.29, 1.82) is 0 Å². The van der Waals surface area contributed by atoms with Crippen molar-refractivity contribution >= 4 is 14.4 Å². The molecule has 264 valence electrons. The molecule has 0 saturated carbocycles. The predicted octanol–water partition coefficient (Wildman–Crippen LogP) is 4.84. The summed E-state index contributed by atoms with van der Waals surface area (Å²) in [4.78, 5) is 14.1. The molecule has 1 aliphatic rings. The van der Waals surface area contributed by atoms with Gasteiger partial charge in [0.2, 0.25) is 0 Å². The van der Waals surface area contributed by atoms with Gasteiger partial charge in [0, 0.05) is 19.5 Å². The van der Waals surface area contributed by atoms with Crippen LogP contribution in [0.1, 0.15) is 17.0 Å². The Hall–Kier alpha value is -2.39. The third-order valence-corrected chi connectivity index (χ3v) is 8.28. The Morgan fingerprint density at radius 2 is 0.936 bits per heavy atom. The molecule has 1 aliphatic carbocycles. The minimum Gasteiger partial charge on any atom is -0.448 e. The summed E-state index contributed by atoms with van der Waals surface area (Å²) in [6, 6.07) is 16.6. The van der Waals surface area contributed by atoms with Crippen LogP contribution in [0.2, 0.25) is 19.6 Å². The molecular formula is C35H55NO10Si. The Kier molecular flexibility index (Phi) is 19.1. The molecule has 0 bridgehead atoms. The van der Waals surface area contributed by atoms with Crippen LogP contribution >= 0.6 is 0 Å². The number of rotatable bonds is 27. The fraction of sp³-hybridized carbons (Fsp3) is 0.629. The van der Waals surface area contributed by atoms with Gasteiger partial charge in [-0.1, -0.05) is 48.5 Å². The number of likely N-dealkylation sites (N-methyl/N-ethyl adjacent to an activating group) is 1. The molecule has 0 fully saturated rings. The predicted molar refractivity (Wildman–Crippen MR) is 183 cm³/mol. The number of carbonyl (C=O) groups excluding carboxylic acids is 1. The van der Waals surface area contributed by atoms with Crippen molar-refractivity contribution in [2.24, 2.45) is 0 Å². The van der Waals surface area contributed by atoms with Crippen molar-refractivity contribution in [3.63, 3.8) is 0 Å². The summed E-state index contributed by atoms with van der Waals surface area (Å²) in [7, 11) is 0.259. The zero-order valence-corrected chi connectivity index (χ0v) is 29.7. The van der Waals surface area contributed by atoms with Gasteiger partial charge in [-0.2, -0.15) is 0 Å². The molecule has 3 rings (SSSR count). The molecule has 0 aromatic heterocycles. The first kappa shape index (κ1) is 39.0. The highest BCUT2D eigenvalue weighted by molar-refractivity contribution is 6.69. The lowest BCUT2D eigenvalue weighted by atomic mass is 9.98. The SMILES string of the molecule is CN(CCOCCOCCOCCOCCOCCOCCOCCO[Si](C)(C)C)C(=O)OCC1c2ccccc2-c2ccccc21. The van der Waals surface area contributed by atoms with Crippen LogP contribution in [0.4, 0.5) is 4.79 Å². The number of amides is 1. The first-order valence-corrected chi connectivity index (χ1v) is 20.0. The lowest BCUT2D eigenvalue weighted by Gasteiger charge is -2.19. The summed E-state index contributed by atoms with van der Waals surface area (Å²) in [5.74, 6) is 0.0444. The topological polar surface area (TPSA) is 103 Å². The van der Waals surface area contributed by atoms with Crippen LogP contribution in [-0.4, -0.2) is 139 Å². The average molecular weight is 678 g/mol. The summed E-state index contributed by atoms with van der Waals surface area (Å²) in [5.41, 5.74) is 4.81. The van der Waals surface area contributed by atoms with E-state index in [1.54, 1.807) is 7.05 Å². The van der Waals surface area contributed by atoms with E-state index in [-0.39, 0.29) is 12.0 Å². The average Bonchev–Trinajstić information content (AvgIpc) is 3.38. The van der Waals surface area contributed by atoms with Crippen LogP contribution in [0, 0.1) is 0 Å². The highest BCUT2D eigenvalue weighted by Crippen LogP contribution is 2.44. The summed E-state index contributed by atoms with van der Waals surface area (Å²) in [6.07, 6.45) is -0.359. The monoisotopic (exact) mass is 677 g/mol. The van der Waals surface area contributed by atoms with Crippen molar-refractivity contribution in [1.82, 2.24) is 4.90 Å².